The quantitative estimate of drug-likeness (QED) is 0.740. The predicted octanol–water partition coefficient (Wildman–Crippen LogP) is 3.39. The topological polar surface area (TPSA) is 85.6 Å². The number of hydrogen-bond acceptors (Lipinski definition) is 6. The van der Waals surface area contributed by atoms with E-state index in [1.807, 2.05) is 0 Å². The Morgan fingerprint density at radius 3 is 2.11 bits per heavy atom. The lowest BCUT2D eigenvalue weighted by Gasteiger charge is -2.27. The average molecular weight is 379 g/mol. The van der Waals surface area contributed by atoms with Crippen LogP contribution in [0.15, 0.2) is 60.7 Å². The lowest BCUT2D eigenvalue weighted by atomic mass is 9.81. The van der Waals surface area contributed by atoms with Crippen LogP contribution >= 0.6 is 0 Å². The minimum atomic E-state index is -1.06. The van der Waals surface area contributed by atoms with Gasteiger partial charge in [0.2, 0.25) is 0 Å². The first-order valence-electron chi connectivity index (χ1n) is 9.00. The van der Waals surface area contributed by atoms with Gasteiger partial charge in [0.15, 0.2) is 6.10 Å². The third kappa shape index (κ3) is 3.90. The average Bonchev–Trinajstić information content (AvgIpc) is 2.98. The number of ether oxygens (including phenoxy) is 3. The van der Waals surface area contributed by atoms with E-state index in [-0.39, 0.29) is 6.61 Å². The Kier molecular flexibility index (Phi) is 5.76. The molecule has 0 spiro atoms. The number of benzene rings is 2. The van der Waals surface area contributed by atoms with Crippen LogP contribution in [0.4, 0.5) is 0 Å². The first-order valence-corrected chi connectivity index (χ1v) is 9.00. The van der Waals surface area contributed by atoms with E-state index < -0.39 is 35.7 Å². The normalized spacial score (nSPS) is 26.2. The van der Waals surface area contributed by atoms with Crippen molar-refractivity contribution in [2.75, 3.05) is 6.61 Å². The first-order chi connectivity index (χ1) is 13.5. The molecule has 2 aromatic carbocycles. The highest BCUT2D eigenvalue weighted by atomic mass is 16.6. The second kappa shape index (κ2) is 8.24. The third-order valence-electron chi connectivity index (χ3n) is 5.02. The van der Waals surface area contributed by atoms with Crippen molar-refractivity contribution in [2.45, 2.75) is 32.2 Å². The van der Waals surface area contributed by atoms with Crippen LogP contribution in [0, 0.1) is 16.7 Å². The van der Waals surface area contributed by atoms with E-state index in [4.69, 9.17) is 14.2 Å². The first kappa shape index (κ1) is 19.6. The Balaban J connectivity index is 1.74. The van der Waals surface area contributed by atoms with Gasteiger partial charge < -0.3 is 14.2 Å². The summed E-state index contributed by atoms with van der Waals surface area (Å²) in [6.45, 7) is 3.30. The molecular formula is C22H21NO5. The lowest BCUT2D eigenvalue weighted by Crippen LogP contribution is -2.41. The fourth-order valence-corrected chi connectivity index (χ4v) is 3.14. The van der Waals surface area contributed by atoms with E-state index in [2.05, 4.69) is 6.07 Å². The van der Waals surface area contributed by atoms with Gasteiger partial charge in [0, 0.05) is 0 Å². The molecule has 1 unspecified atom stereocenters. The monoisotopic (exact) mass is 379 g/mol. The Bertz CT molecular complexity index is 877. The minimum Gasteiger partial charge on any atom is -0.459 e. The number of carbonyl (C=O) groups excluding carboxylic acids is 2. The van der Waals surface area contributed by atoms with E-state index in [0.717, 1.165) is 0 Å². The number of nitriles is 1. The number of carbonyl (C=O) groups is 2. The van der Waals surface area contributed by atoms with Gasteiger partial charge in [0.05, 0.1) is 23.3 Å². The molecule has 144 valence electrons. The van der Waals surface area contributed by atoms with Gasteiger partial charge >= 0.3 is 11.9 Å². The second-order valence-electron chi connectivity index (χ2n) is 6.87. The summed E-state index contributed by atoms with van der Waals surface area (Å²) in [6.07, 6.45) is -2.10. The molecule has 6 heteroatoms. The van der Waals surface area contributed by atoms with Crippen molar-refractivity contribution >= 4 is 11.9 Å². The van der Waals surface area contributed by atoms with Gasteiger partial charge in [-0.1, -0.05) is 36.4 Å². The zero-order valence-electron chi connectivity index (χ0n) is 15.7. The molecule has 0 radical (unpaired) electrons. The summed E-state index contributed by atoms with van der Waals surface area (Å²) in [7, 11) is 0. The summed E-state index contributed by atoms with van der Waals surface area (Å²) < 4.78 is 16.8. The number of nitrogens with zero attached hydrogens (tertiary/aromatic N) is 1. The number of esters is 2. The lowest BCUT2D eigenvalue weighted by molar-refractivity contribution is -0.0405. The van der Waals surface area contributed by atoms with Crippen molar-refractivity contribution in [3.63, 3.8) is 0 Å². The van der Waals surface area contributed by atoms with Crippen LogP contribution in [0.25, 0.3) is 0 Å². The van der Waals surface area contributed by atoms with E-state index in [9.17, 15) is 14.9 Å². The Morgan fingerprint density at radius 1 is 1.04 bits per heavy atom. The van der Waals surface area contributed by atoms with Crippen LogP contribution in [0.2, 0.25) is 0 Å². The Morgan fingerprint density at radius 2 is 1.57 bits per heavy atom. The van der Waals surface area contributed by atoms with Gasteiger partial charge in [-0.25, -0.2) is 9.59 Å². The molecule has 1 aliphatic rings. The Hall–Kier alpha value is -3.17. The Labute approximate surface area is 163 Å². The minimum absolute atomic E-state index is 0.123. The van der Waals surface area contributed by atoms with Gasteiger partial charge in [-0.2, -0.15) is 5.26 Å². The van der Waals surface area contributed by atoms with Crippen LogP contribution in [0.3, 0.4) is 0 Å². The van der Waals surface area contributed by atoms with Crippen molar-refractivity contribution in [3.8, 4) is 6.07 Å². The molecule has 1 aliphatic heterocycles. The second-order valence-corrected chi connectivity index (χ2v) is 6.87. The van der Waals surface area contributed by atoms with Crippen LogP contribution in [0.1, 0.15) is 34.6 Å². The molecule has 0 aromatic heterocycles. The van der Waals surface area contributed by atoms with Gasteiger partial charge in [0.1, 0.15) is 18.1 Å². The molecule has 0 N–H and O–H groups in total. The maximum absolute atomic E-state index is 12.5. The molecule has 4 atom stereocenters. The van der Waals surface area contributed by atoms with Crippen LogP contribution in [-0.4, -0.2) is 36.9 Å². The number of rotatable bonds is 5. The highest BCUT2D eigenvalue weighted by molar-refractivity contribution is 5.90. The van der Waals surface area contributed by atoms with Crippen molar-refractivity contribution < 1.29 is 23.8 Å². The van der Waals surface area contributed by atoms with Crippen LogP contribution in [0.5, 0.6) is 0 Å². The summed E-state index contributed by atoms with van der Waals surface area (Å²) >= 11 is 0. The maximum atomic E-state index is 12.5. The standard InChI is InChI=1S/C22H21NO5/c1-15-22(2,14-23)19(28-21(25)17-11-7-4-8-12-17)18(27-15)13-26-20(24)16-9-5-3-6-10-16/h3-12,15,18-19H,13H2,1-2H3/t15?,18-,19-,22+/m1/s1. The zero-order chi connectivity index (χ0) is 20.1. The van der Waals surface area contributed by atoms with Gasteiger partial charge in [0.25, 0.3) is 0 Å². The SMILES string of the molecule is CC1O[C@H](COC(=O)c2ccccc2)[C@@H](OC(=O)c2ccccc2)[C@@]1(C)C#N. The summed E-state index contributed by atoms with van der Waals surface area (Å²) in [5, 5.41) is 9.69. The fourth-order valence-electron chi connectivity index (χ4n) is 3.14. The highest BCUT2D eigenvalue weighted by Crippen LogP contribution is 2.40. The van der Waals surface area contributed by atoms with E-state index in [0.29, 0.717) is 11.1 Å². The smallest absolute Gasteiger partial charge is 0.338 e. The van der Waals surface area contributed by atoms with Crippen LogP contribution in [-0.2, 0) is 14.2 Å². The van der Waals surface area contributed by atoms with Crippen molar-refractivity contribution in [2.24, 2.45) is 5.41 Å². The molecular weight excluding hydrogens is 358 g/mol. The predicted molar refractivity (Wildman–Crippen MR) is 100 cm³/mol. The molecule has 6 nitrogen and oxygen atoms in total. The van der Waals surface area contributed by atoms with E-state index in [1.165, 1.54) is 0 Å². The highest BCUT2D eigenvalue weighted by Gasteiger charge is 2.55. The van der Waals surface area contributed by atoms with E-state index in [1.54, 1.807) is 74.5 Å². The molecule has 1 fully saturated rings. The largest absolute Gasteiger partial charge is 0.459 e. The molecule has 0 saturated carbocycles. The molecule has 0 amide bonds. The van der Waals surface area contributed by atoms with Crippen molar-refractivity contribution in [3.05, 3.63) is 71.8 Å². The molecule has 2 aromatic rings. The summed E-state index contributed by atoms with van der Waals surface area (Å²) in [5.41, 5.74) is -0.273. The van der Waals surface area contributed by atoms with Gasteiger partial charge in [-0.3, -0.25) is 0 Å². The third-order valence-corrected chi connectivity index (χ3v) is 5.02. The van der Waals surface area contributed by atoms with E-state index >= 15 is 0 Å². The zero-order valence-corrected chi connectivity index (χ0v) is 15.7. The molecule has 0 aliphatic carbocycles. The molecule has 28 heavy (non-hydrogen) atoms. The maximum Gasteiger partial charge on any atom is 0.338 e. The fraction of sp³-hybridized carbons (Fsp3) is 0.318. The number of hydrogen-bond donors (Lipinski definition) is 0. The van der Waals surface area contributed by atoms with Gasteiger partial charge in [-0.15, -0.1) is 0 Å². The summed E-state index contributed by atoms with van der Waals surface area (Å²) in [4.78, 5) is 24.7. The van der Waals surface area contributed by atoms with Gasteiger partial charge in [-0.05, 0) is 38.1 Å². The van der Waals surface area contributed by atoms with Crippen molar-refractivity contribution in [1.82, 2.24) is 0 Å². The van der Waals surface area contributed by atoms with Crippen molar-refractivity contribution in [1.29, 1.82) is 5.26 Å². The summed E-state index contributed by atoms with van der Waals surface area (Å²) in [6, 6.07) is 19.3. The molecule has 0 bridgehead atoms. The van der Waals surface area contributed by atoms with Crippen LogP contribution < -0.4 is 0 Å². The summed E-state index contributed by atoms with van der Waals surface area (Å²) in [5.74, 6) is -1.06. The molecule has 3 rings (SSSR count). The molecule has 1 heterocycles. The molecule has 1 saturated heterocycles.